The van der Waals surface area contributed by atoms with E-state index in [-0.39, 0.29) is 18.2 Å². The first-order valence-electron chi connectivity index (χ1n) is 13.3. The van der Waals surface area contributed by atoms with Crippen molar-refractivity contribution in [3.05, 3.63) is 90.0 Å². The maximum absolute atomic E-state index is 13.6. The molecular weight excluding hydrogens is 530 g/mol. The van der Waals surface area contributed by atoms with E-state index in [1.165, 1.54) is 10.6 Å². The number of para-hydroxylation sites is 2. The van der Waals surface area contributed by atoms with Crippen LogP contribution in [0.3, 0.4) is 0 Å². The van der Waals surface area contributed by atoms with Crippen LogP contribution in [0.15, 0.2) is 84.9 Å². The molecule has 5 rings (SSSR count). The lowest BCUT2D eigenvalue weighted by molar-refractivity contribution is -0.124. The molecule has 0 radical (unpaired) electrons. The van der Waals surface area contributed by atoms with Gasteiger partial charge in [0.15, 0.2) is 5.11 Å². The molecular formula is C30H32ClN5O2S. The van der Waals surface area contributed by atoms with Gasteiger partial charge in [-0.3, -0.25) is 19.4 Å². The molecule has 1 N–H and O–H groups in total. The SMILES string of the molecule is O=C(C[C@@H]1C(=O)N(c2ccc(Cl)cc2)C(=S)N1CCCN1CCN(c2ccccc2)CC1)Nc1ccccc1. The highest BCUT2D eigenvalue weighted by Gasteiger charge is 2.43. The van der Waals surface area contributed by atoms with Crippen molar-refractivity contribution in [3.63, 3.8) is 0 Å². The lowest BCUT2D eigenvalue weighted by atomic mass is 10.1. The summed E-state index contributed by atoms with van der Waals surface area (Å²) in [7, 11) is 0. The number of nitrogens with zero attached hydrogens (tertiary/aromatic N) is 4. The van der Waals surface area contributed by atoms with Crippen LogP contribution in [0.2, 0.25) is 5.02 Å². The molecule has 3 aromatic carbocycles. The number of thiocarbonyl (C=S) groups is 1. The zero-order chi connectivity index (χ0) is 27.2. The van der Waals surface area contributed by atoms with Crippen molar-refractivity contribution in [3.8, 4) is 0 Å². The molecule has 2 aliphatic heterocycles. The van der Waals surface area contributed by atoms with E-state index < -0.39 is 6.04 Å². The largest absolute Gasteiger partial charge is 0.369 e. The fourth-order valence-electron chi connectivity index (χ4n) is 5.16. The lowest BCUT2D eigenvalue weighted by Gasteiger charge is -2.36. The smallest absolute Gasteiger partial charge is 0.256 e. The predicted octanol–water partition coefficient (Wildman–Crippen LogP) is 4.88. The Kier molecular flexibility index (Phi) is 8.76. The van der Waals surface area contributed by atoms with Crippen molar-refractivity contribution < 1.29 is 9.59 Å². The summed E-state index contributed by atoms with van der Waals surface area (Å²) in [5, 5.41) is 3.91. The van der Waals surface area contributed by atoms with Gasteiger partial charge in [0.05, 0.1) is 12.1 Å². The van der Waals surface area contributed by atoms with Gasteiger partial charge in [-0.2, -0.15) is 0 Å². The van der Waals surface area contributed by atoms with Crippen LogP contribution in [0.4, 0.5) is 17.1 Å². The van der Waals surface area contributed by atoms with Gasteiger partial charge in [-0.15, -0.1) is 0 Å². The zero-order valence-electron chi connectivity index (χ0n) is 21.7. The topological polar surface area (TPSA) is 59.1 Å². The molecule has 2 aliphatic rings. The molecule has 0 unspecified atom stereocenters. The van der Waals surface area contributed by atoms with Gasteiger partial charge in [-0.1, -0.05) is 48.0 Å². The lowest BCUT2D eigenvalue weighted by Crippen LogP contribution is -2.47. The average Bonchev–Trinajstić information content (AvgIpc) is 3.19. The van der Waals surface area contributed by atoms with Gasteiger partial charge in [-0.25, -0.2) is 0 Å². The van der Waals surface area contributed by atoms with Crippen LogP contribution in [0, 0.1) is 0 Å². The first-order valence-corrected chi connectivity index (χ1v) is 14.1. The van der Waals surface area contributed by atoms with E-state index >= 15 is 0 Å². The first kappa shape index (κ1) is 27.1. The number of hydrogen-bond acceptors (Lipinski definition) is 5. The predicted molar refractivity (Wildman–Crippen MR) is 161 cm³/mol. The summed E-state index contributed by atoms with van der Waals surface area (Å²) in [6, 6.07) is 26.1. The number of nitrogens with one attached hydrogen (secondary N) is 1. The Morgan fingerprint density at radius 3 is 2.15 bits per heavy atom. The van der Waals surface area contributed by atoms with Gasteiger partial charge in [0.25, 0.3) is 5.91 Å². The van der Waals surface area contributed by atoms with E-state index in [4.69, 9.17) is 23.8 Å². The van der Waals surface area contributed by atoms with Gasteiger partial charge < -0.3 is 15.1 Å². The normalized spacial score (nSPS) is 18.1. The Balaban J connectivity index is 1.22. The molecule has 2 saturated heterocycles. The Morgan fingerprint density at radius 2 is 1.49 bits per heavy atom. The summed E-state index contributed by atoms with van der Waals surface area (Å²) in [5.74, 6) is -0.413. The second-order valence-electron chi connectivity index (χ2n) is 9.78. The van der Waals surface area contributed by atoms with E-state index in [2.05, 4.69) is 39.4 Å². The van der Waals surface area contributed by atoms with E-state index in [1.54, 1.807) is 24.3 Å². The fraction of sp³-hybridized carbons (Fsp3) is 0.300. The third kappa shape index (κ3) is 6.58. The van der Waals surface area contributed by atoms with Crippen LogP contribution in [-0.4, -0.2) is 72.0 Å². The number of rotatable bonds is 9. The molecule has 1 atom stereocenters. The number of amides is 2. The molecule has 9 heteroatoms. The number of anilines is 3. The Bertz CT molecular complexity index is 1280. The molecule has 2 fully saturated rings. The second kappa shape index (κ2) is 12.6. The van der Waals surface area contributed by atoms with Gasteiger partial charge in [0.1, 0.15) is 6.04 Å². The quantitative estimate of drug-likeness (QED) is 0.376. The Labute approximate surface area is 239 Å². The minimum absolute atomic E-state index is 0.0215. The maximum Gasteiger partial charge on any atom is 0.256 e. The minimum atomic E-state index is -0.660. The standard InChI is InChI=1S/C30H32ClN5O2S/c31-23-12-14-26(15-13-23)36-29(38)27(22-28(37)32-24-8-3-1-4-9-24)35(30(36)39)17-7-16-33-18-20-34(21-19-33)25-10-5-2-6-11-25/h1-6,8-15,27H,7,16-22H2,(H,32,37)/t27-/m1/s1. The third-order valence-corrected chi connectivity index (χ3v) is 7.88. The maximum atomic E-state index is 13.6. The van der Waals surface area contributed by atoms with E-state index in [9.17, 15) is 9.59 Å². The highest BCUT2D eigenvalue weighted by atomic mass is 35.5. The van der Waals surface area contributed by atoms with E-state index in [0.29, 0.717) is 28.1 Å². The summed E-state index contributed by atoms with van der Waals surface area (Å²) in [6.07, 6.45) is 0.859. The molecule has 39 heavy (non-hydrogen) atoms. The van der Waals surface area contributed by atoms with Crippen molar-refractivity contribution >= 4 is 57.8 Å². The van der Waals surface area contributed by atoms with Crippen molar-refractivity contribution in [1.29, 1.82) is 0 Å². The van der Waals surface area contributed by atoms with Gasteiger partial charge in [-0.05, 0) is 73.7 Å². The monoisotopic (exact) mass is 561 g/mol. The first-order chi connectivity index (χ1) is 19.0. The van der Waals surface area contributed by atoms with Crippen LogP contribution in [0.25, 0.3) is 0 Å². The number of carbonyl (C=O) groups excluding carboxylic acids is 2. The number of piperazine rings is 1. The van der Waals surface area contributed by atoms with Crippen LogP contribution in [0.5, 0.6) is 0 Å². The van der Waals surface area contributed by atoms with Crippen molar-refractivity contribution in [1.82, 2.24) is 9.80 Å². The molecule has 2 amide bonds. The van der Waals surface area contributed by atoms with Crippen molar-refractivity contribution in [2.24, 2.45) is 0 Å². The molecule has 0 aliphatic carbocycles. The van der Waals surface area contributed by atoms with E-state index in [1.807, 2.05) is 41.3 Å². The summed E-state index contributed by atoms with van der Waals surface area (Å²) in [4.78, 5) is 34.9. The Morgan fingerprint density at radius 1 is 0.846 bits per heavy atom. The fourth-order valence-corrected chi connectivity index (χ4v) is 5.70. The molecule has 0 aromatic heterocycles. The van der Waals surface area contributed by atoms with Crippen LogP contribution in [0.1, 0.15) is 12.8 Å². The highest BCUT2D eigenvalue weighted by Crippen LogP contribution is 2.29. The van der Waals surface area contributed by atoms with Crippen molar-refractivity contribution in [2.45, 2.75) is 18.9 Å². The summed E-state index contributed by atoms with van der Waals surface area (Å²) in [6.45, 7) is 5.43. The number of hydrogen-bond donors (Lipinski definition) is 1. The van der Waals surface area contributed by atoms with Crippen LogP contribution < -0.4 is 15.1 Å². The zero-order valence-corrected chi connectivity index (χ0v) is 23.3. The summed E-state index contributed by atoms with van der Waals surface area (Å²) >= 11 is 11.9. The van der Waals surface area contributed by atoms with Crippen LogP contribution in [-0.2, 0) is 9.59 Å². The molecule has 0 spiro atoms. The number of benzene rings is 3. The summed E-state index contributed by atoms with van der Waals surface area (Å²) in [5.41, 5.74) is 2.62. The molecule has 202 valence electrons. The van der Waals surface area contributed by atoms with Gasteiger partial charge in [0.2, 0.25) is 5.91 Å². The Hall–Kier alpha value is -3.46. The molecule has 0 bridgehead atoms. The molecule has 2 heterocycles. The van der Waals surface area contributed by atoms with Crippen LogP contribution >= 0.6 is 23.8 Å². The summed E-state index contributed by atoms with van der Waals surface area (Å²) < 4.78 is 0. The van der Waals surface area contributed by atoms with Gasteiger partial charge in [0, 0.05) is 49.1 Å². The third-order valence-electron chi connectivity index (χ3n) is 7.21. The average molecular weight is 562 g/mol. The minimum Gasteiger partial charge on any atom is -0.369 e. The van der Waals surface area contributed by atoms with E-state index in [0.717, 1.165) is 39.1 Å². The molecule has 0 saturated carbocycles. The molecule has 3 aromatic rings. The highest BCUT2D eigenvalue weighted by molar-refractivity contribution is 7.80. The molecule has 7 nitrogen and oxygen atoms in total. The number of halogens is 1. The van der Waals surface area contributed by atoms with Crippen molar-refractivity contribution in [2.75, 3.05) is 54.4 Å². The van der Waals surface area contributed by atoms with Gasteiger partial charge >= 0.3 is 0 Å². The second-order valence-corrected chi connectivity index (χ2v) is 10.6. The number of carbonyl (C=O) groups is 2.